The Morgan fingerprint density at radius 1 is 1.05 bits per heavy atom. The molecule has 4 heteroatoms. The molecule has 0 atom stereocenters. The molecule has 1 heterocycles. The molecule has 106 valence electrons. The first-order valence-electron chi connectivity index (χ1n) is 6.72. The quantitative estimate of drug-likeness (QED) is 0.753. The summed E-state index contributed by atoms with van der Waals surface area (Å²) < 4.78 is 5.88. The van der Waals surface area contributed by atoms with Crippen molar-refractivity contribution >= 4 is 16.9 Å². The second-order valence-corrected chi connectivity index (χ2v) is 4.82. The standard InChI is InChI=1S/C17H15NO3/c19-16(20)10-15-17(13-8-4-5-9-14(13)18-15)21-11-12-6-2-1-3-7-12/h1-9,18H,10-11H2,(H,19,20). The molecule has 0 bridgehead atoms. The normalized spacial score (nSPS) is 10.7. The van der Waals surface area contributed by atoms with Gasteiger partial charge in [0, 0.05) is 10.9 Å². The van der Waals surface area contributed by atoms with Gasteiger partial charge in [0.1, 0.15) is 12.4 Å². The number of nitrogens with one attached hydrogen (secondary N) is 1. The summed E-state index contributed by atoms with van der Waals surface area (Å²) in [6, 6.07) is 17.5. The number of H-pyrrole nitrogens is 1. The van der Waals surface area contributed by atoms with E-state index >= 15 is 0 Å². The third kappa shape index (κ3) is 2.89. The number of carboxylic acid groups (broad SMARTS) is 1. The van der Waals surface area contributed by atoms with Gasteiger partial charge in [-0.25, -0.2) is 0 Å². The van der Waals surface area contributed by atoms with E-state index in [0.29, 0.717) is 18.1 Å². The van der Waals surface area contributed by atoms with Crippen LogP contribution in [0.3, 0.4) is 0 Å². The van der Waals surface area contributed by atoms with E-state index in [1.54, 1.807) is 0 Å². The molecule has 0 saturated carbocycles. The van der Waals surface area contributed by atoms with Crippen molar-refractivity contribution in [2.24, 2.45) is 0 Å². The molecule has 0 saturated heterocycles. The van der Waals surface area contributed by atoms with Crippen LogP contribution in [0.2, 0.25) is 0 Å². The Labute approximate surface area is 122 Å². The minimum Gasteiger partial charge on any atom is -0.486 e. The fraction of sp³-hybridized carbons (Fsp3) is 0.118. The lowest BCUT2D eigenvalue weighted by Crippen LogP contribution is -2.03. The lowest BCUT2D eigenvalue weighted by Gasteiger charge is -2.07. The average Bonchev–Trinajstić information content (AvgIpc) is 2.82. The molecule has 0 fully saturated rings. The van der Waals surface area contributed by atoms with Crippen molar-refractivity contribution in [1.29, 1.82) is 0 Å². The smallest absolute Gasteiger partial charge is 0.309 e. The highest BCUT2D eigenvalue weighted by Gasteiger charge is 2.15. The van der Waals surface area contributed by atoms with Crippen molar-refractivity contribution in [3.05, 3.63) is 65.9 Å². The summed E-state index contributed by atoms with van der Waals surface area (Å²) in [6.45, 7) is 0.412. The predicted molar refractivity (Wildman–Crippen MR) is 80.4 cm³/mol. The summed E-state index contributed by atoms with van der Waals surface area (Å²) in [5, 5.41) is 9.93. The molecule has 0 amide bonds. The van der Waals surface area contributed by atoms with E-state index in [-0.39, 0.29) is 6.42 Å². The highest BCUT2D eigenvalue weighted by atomic mass is 16.5. The van der Waals surface area contributed by atoms with Gasteiger partial charge >= 0.3 is 5.97 Å². The molecule has 21 heavy (non-hydrogen) atoms. The Hall–Kier alpha value is -2.75. The van der Waals surface area contributed by atoms with Gasteiger partial charge in [0.15, 0.2) is 0 Å². The first kappa shape index (κ1) is 13.2. The number of carbonyl (C=O) groups is 1. The Bertz CT molecular complexity index is 762. The minimum atomic E-state index is -0.883. The molecular weight excluding hydrogens is 266 g/mol. The second kappa shape index (κ2) is 5.71. The van der Waals surface area contributed by atoms with E-state index in [4.69, 9.17) is 9.84 Å². The molecule has 0 radical (unpaired) electrons. The van der Waals surface area contributed by atoms with Crippen LogP contribution in [0.25, 0.3) is 10.9 Å². The predicted octanol–water partition coefficient (Wildman–Crippen LogP) is 3.37. The maximum atomic E-state index is 11.0. The number of ether oxygens (including phenoxy) is 1. The van der Waals surface area contributed by atoms with Crippen LogP contribution in [0.5, 0.6) is 5.75 Å². The van der Waals surface area contributed by atoms with Crippen LogP contribution in [0.15, 0.2) is 54.6 Å². The maximum Gasteiger partial charge on any atom is 0.309 e. The average molecular weight is 281 g/mol. The molecule has 4 nitrogen and oxygen atoms in total. The summed E-state index contributed by atoms with van der Waals surface area (Å²) in [6.07, 6.45) is -0.0845. The van der Waals surface area contributed by atoms with Crippen LogP contribution in [0, 0.1) is 0 Å². The van der Waals surface area contributed by atoms with Gasteiger partial charge in [-0.3, -0.25) is 4.79 Å². The number of hydrogen-bond acceptors (Lipinski definition) is 2. The fourth-order valence-electron chi connectivity index (χ4n) is 2.34. The molecule has 0 aliphatic heterocycles. The summed E-state index contributed by atoms with van der Waals surface area (Å²) >= 11 is 0. The summed E-state index contributed by atoms with van der Waals surface area (Å²) in [5.41, 5.74) is 2.53. The van der Waals surface area contributed by atoms with E-state index in [2.05, 4.69) is 4.98 Å². The third-order valence-electron chi connectivity index (χ3n) is 3.29. The van der Waals surface area contributed by atoms with Gasteiger partial charge in [-0.1, -0.05) is 42.5 Å². The van der Waals surface area contributed by atoms with Crippen molar-refractivity contribution in [3.8, 4) is 5.75 Å². The topological polar surface area (TPSA) is 62.3 Å². The minimum absolute atomic E-state index is 0.0845. The Morgan fingerprint density at radius 2 is 1.76 bits per heavy atom. The molecular formula is C17H15NO3. The van der Waals surface area contributed by atoms with Gasteiger partial charge < -0.3 is 14.8 Å². The number of para-hydroxylation sites is 1. The summed E-state index contributed by atoms with van der Waals surface area (Å²) in [7, 11) is 0. The van der Waals surface area contributed by atoms with Gasteiger partial charge in [0.2, 0.25) is 0 Å². The highest BCUT2D eigenvalue weighted by Crippen LogP contribution is 2.31. The molecule has 2 N–H and O–H groups in total. The number of aromatic nitrogens is 1. The van der Waals surface area contributed by atoms with Crippen molar-refractivity contribution in [2.45, 2.75) is 13.0 Å². The van der Waals surface area contributed by atoms with Gasteiger partial charge in [-0.15, -0.1) is 0 Å². The number of carboxylic acids is 1. The molecule has 3 aromatic rings. The van der Waals surface area contributed by atoms with Crippen LogP contribution >= 0.6 is 0 Å². The molecule has 0 aliphatic carbocycles. The number of benzene rings is 2. The molecule has 1 aromatic heterocycles. The van der Waals surface area contributed by atoms with E-state index in [1.165, 1.54) is 0 Å². The first-order chi connectivity index (χ1) is 10.2. The molecule has 3 rings (SSSR count). The number of fused-ring (bicyclic) bond motifs is 1. The molecule has 0 spiro atoms. The van der Waals surface area contributed by atoms with E-state index in [1.807, 2.05) is 54.6 Å². The Kier molecular flexibility index (Phi) is 3.60. The zero-order valence-corrected chi connectivity index (χ0v) is 11.4. The SMILES string of the molecule is O=C(O)Cc1[nH]c2ccccc2c1OCc1ccccc1. The summed E-state index contributed by atoms with van der Waals surface area (Å²) in [4.78, 5) is 14.1. The Balaban J connectivity index is 1.93. The number of rotatable bonds is 5. The van der Waals surface area contributed by atoms with Crippen LogP contribution in [-0.4, -0.2) is 16.1 Å². The van der Waals surface area contributed by atoms with Gasteiger partial charge in [-0.2, -0.15) is 0 Å². The monoisotopic (exact) mass is 281 g/mol. The second-order valence-electron chi connectivity index (χ2n) is 4.82. The van der Waals surface area contributed by atoms with Gasteiger partial charge in [0.25, 0.3) is 0 Å². The number of hydrogen-bond donors (Lipinski definition) is 2. The lowest BCUT2D eigenvalue weighted by molar-refractivity contribution is -0.136. The van der Waals surface area contributed by atoms with Crippen LogP contribution < -0.4 is 4.74 Å². The maximum absolute atomic E-state index is 11.0. The highest BCUT2D eigenvalue weighted by molar-refractivity contribution is 5.89. The summed E-state index contributed by atoms with van der Waals surface area (Å²) in [5.74, 6) is -0.261. The van der Waals surface area contributed by atoms with E-state index in [9.17, 15) is 4.79 Å². The fourth-order valence-corrected chi connectivity index (χ4v) is 2.34. The van der Waals surface area contributed by atoms with Crippen LogP contribution in [-0.2, 0) is 17.8 Å². The van der Waals surface area contributed by atoms with Crippen LogP contribution in [0.1, 0.15) is 11.3 Å². The van der Waals surface area contributed by atoms with Crippen molar-refractivity contribution in [2.75, 3.05) is 0 Å². The molecule has 2 aromatic carbocycles. The Morgan fingerprint density at radius 3 is 2.52 bits per heavy atom. The first-order valence-corrected chi connectivity index (χ1v) is 6.72. The largest absolute Gasteiger partial charge is 0.486 e. The number of aliphatic carboxylic acids is 1. The molecule has 0 aliphatic rings. The lowest BCUT2D eigenvalue weighted by atomic mass is 10.2. The van der Waals surface area contributed by atoms with Crippen LogP contribution in [0.4, 0.5) is 0 Å². The van der Waals surface area contributed by atoms with Gasteiger partial charge in [0.05, 0.1) is 12.1 Å². The van der Waals surface area contributed by atoms with Crippen molar-refractivity contribution in [1.82, 2.24) is 4.98 Å². The van der Waals surface area contributed by atoms with Crippen molar-refractivity contribution < 1.29 is 14.6 Å². The zero-order valence-electron chi connectivity index (χ0n) is 11.4. The van der Waals surface area contributed by atoms with Gasteiger partial charge in [-0.05, 0) is 17.7 Å². The molecule has 0 unspecified atom stereocenters. The zero-order chi connectivity index (χ0) is 14.7. The number of aromatic amines is 1. The van der Waals surface area contributed by atoms with E-state index < -0.39 is 5.97 Å². The van der Waals surface area contributed by atoms with Crippen molar-refractivity contribution in [3.63, 3.8) is 0 Å². The third-order valence-corrected chi connectivity index (χ3v) is 3.29. The van der Waals surface area contributed by atoms with E-state index in [0.717, 1.165) is 16.5 Å².